The van der Waals surface area contributed by atoms with E-state index in [2.05, 4.69) is 57.6 Å². The molecular formula is C40H27BrClN5O2S. The normalized spacial score (nSPS) is 20.0. The minimum Gasteiger partial charge on any atom is -0.444 e. The van der Waals surface area contributed by atoms with Crippen molar-refractivity contribution >= 4 is 56.3 Å². The fourth-order valence-corrected chi connectivity index (χ4v) is 8.12. The van der Waals surface area contributed by atoms with Gasteiger partial charge < -0.3 is 4.74 Å². The van der Waals surface area contributed by atoms with Crippen LogP contribution in [0.1, 0.15) is 29.2 Å². The van der Waals surface area contributed by atoms with E-state index in [1.807, 2.05) is 113 Å². The Labute approximate surface area is 306 Å². The van der Waals surface area contributed by atoms with Crippen LogP contribution in [0.4, 0.5) is 4.79 Å². The number of carbonyl (C=O) groups is 1. The summed E-state index contributed by atoms with van der Waals surface area (Å²) in [7, 11) is 0. The first-order valence-corrected chi connectivity index (χ1v) is 18.1. The third-order valence-electron chi connectivity index (χ3n) is 9.09. The van der Waals surface area contributed by atoms with Crippen molar-refractivity contribution in [2.24, 2.45) is 5.10 Å². The van der Waals surface area contributed by atoms with Gasteiger partial charge >= 0.3 is 5.85 Å². The third kappa shape index (κ3) is 5.42. The molecule has 2 atom stereocenters. The predicted molar refractivity (Wildman–Crippen MR) is 203 cm³/mol. The maximum absolute atomic E-state index is 13.2. The summed E-state index contributed by atoms with van der Waals surface area (Å²) in [5.41, 5.74) is 8.69. The van der Waals surface area contributed by atoms with Crippen molar-refractivity contribution in [1.82, 2.24) is 20.1 Å². The molecule has 1 amide bonds. The van der Waals surface area contributed by atoms with Gasteiger partial charge in [0, 0.05) is 32.6 Å². The number of nitrogens with zero attached hydrogens (tertiary/aromatic N) is 4. The van der Waals surface area contributed by atoms with E-state index in [-0.39, 0.29) is 11.3 Å². The van der Waals surface area contributed by atoms with E-state index >= 15 is 0 Å². The Hall–Kier alpha value is -5.09. The number of aromatic nitrogens is 2. The highest BCUT2D eigenvalue weighted by atomic mass is 79.9. The van der Waals surface area contributed by atoms with Gasteiger partial charge in [-0.3, -0.25) is 10.1 Å². The molecule has 1 fully saturated rings. The Bertz CT molecular complexity index is 2330. The summed E-state index contributed by atoms with van der Waals surface area (Å²) >= 11 is 11.0. The van der Waals surface area contributed by atoms with E-state index in [4.69, 9.17) is 26.5 Å². The van der Waals surface area contributed by atoms with Crippen LogP contribution in [-0.2, 0) is 0 Å². The monoisotopic (exact) mass is 755 g/mol. The highest BCUT2D eigenvalue weighted by Gasteiger charge is 2.58. The average molecular weight is 757 g/mol. The predicted octanol–water partition coefficient (Wildman–Crippen LogP) is 10.3. The molecule has 3 aliphatic rings. The Kier molecular flexibility index (Phi) is 7.64. The number of hydrazone groups is 1. The van der Waals surface area contributed by atoms with Crippen molar-refractivity contribution in [1.29, 1.82) is 0 Å². The van der Waals surface area contributed by atoms with Gasteiger partial charge in [0.05, 0.1) is 33.7 Å². The summed E-state index contributed by atoms with van der Waals surface area (Å²) in [6.45, 7) is 0. The lowest BCUT2D eigenvalue weighted by Crippen LogP contribution is -2.61. The molecule has 2 unspecified atom stereocenters. The molecule has 0 saturated carbocycles. The molecule has 0 radical (unpaired) electrons. The molecule has 1 spiro atoms. The topological polar surface area (TPSA) is 71.8 Å². The largest absolute Gasteiger partial charge is 0.444 e. The van der Waals surface area contributed by atoms with Crippen LogP contribution in [0, 0.1) is 0 Å². The summed E-state index contributed by atoms with van der Waals surface area (Å²) in [4.78, 5) is 13.9. The van der Waals surface area contributed by atoms with E-state index < -0.39 is 5.85 Å². The van der Waals surface area contributed by atoms with Gasteiger partial charge in [-0.2, -0.15) is 10.2 Å². The number of amides is 1. The molecule has 1 N–H and O–H groups in total. The molecule has 1 aromatic heterocycles. The number of nitrogens with one attached hydrogen (secondary N) is 1. The second kappa shape index (κ2) is 12.4. The number of hydrogen-bond acceptors (Lipinski definition) is 6. The lowest BCUT2D eigenvalue weighted by molar-refractivity contribution is -0.0949. The Morgan fingerprint density at radius 1 is 0.860 bits per heavy atom. The number of halogens is 2. The second-order valence-electron chi connectivity index (χ2n) is 12.2. The number of fused-ring (bicyclic) bond motifs is 4. The molecular weight excluding hydrogens is 730 g/mol. The van der Waals surface area contributed by atoms with Crippen LogP contribution in [0.2, 0.25) is 5.02 Å². The molecule has 1 saturated heterocycles. The van der Waals surface area contributed by atoms with Gasteiger partial charge in [0.15, 0.2) is 0 Å². The quantitative estimate of drug-likeness (QED) is 0.190. The molecule has 9 rings (SSSR count). The lowest BCUT2D eigenvalue weighted by atomic mass is 9.95. The van der Waals surface area contributed by atoms with Crippen LogP contribution in [0.5, 0.6) is 5.75 Å². The summed E-state index contributed by atoms with van der Waals surface area (Å²) in [6.07, 6.45) is 2.64. The zero-order valence-electron chi connectivity index (χ0n) is 26.3. The molecule has 5 aromatic carbocycles. The number of thioether (sulfide) groups is 1. The van der Waals surface area contributed by atoms with E-state index in [9.17, 15) is 4.79 Å². The Morgan fingerprint density at radius 2 is 1.58 bits per heavy atom. The summed E-state index contributed by atoms with van der Waals surface area (Å²) in [5, 5.41) is 15.6. The van der Waals surface area contributed by atoms with Gasteiger partial charge in [0.1, 0.15) is 5.75 Å². The van der Waals surface area contributed by atoms with Crippen molar-refractivity contribution in [3.05, 3.63) is 165 Å². The van der Waals surface area contributed by atoms with E-state index in [0.717, 1.165) is 66.8 Å². The van der Waals surface area contributed by atoms with Crippen LogP contribution >= 0.6 is 39.3 Å². The minimum absolute atomic E-state index is 0.165. The Morgan fingerprint density at radius 3 is 2.32 bits per heavy atom. The fourth-order valence-electron chi connectivity index (χ4n) is 6.71. The summed E-state index contributed by atoms with van der Waals surface area (Å²) in [6, 6.07) is 44.2. The number of rotatable bonds is 5. The maximum Gasteiger partial charge on any atom is 0.314 e. The molecule has 6 aromatic rings. The van der Waals surface area contributed by atoms with Crippen LogP contribution in [0.3, 0.4) is 0 Å². The van der Waals surface area contributed by atoms with Crippen molar-refractivity contribution in [3.8, 4) is 34.0 Å². The van der Waals surface area contributed by atoms with Gasteiger partial charge in [-0.15, -0.1) is 0 Å². The van der Waals surface area contributed by atoms with Gasteiger partial charge in [0.2, 0.25) is 0 Å². The SMILES string of the molecule is O=C1NC2(Oc3ccc(Br)cc3C3CC(c4ccc(Cl)cc4)=NN32)/C(=C/c2ccc(-n3nc(-c4ccccc4)cc3-c3ccccc3)cc2)S1. The standard InChI is InChI=1S/C40H27BrClN5O2S/c41-29-15-20-37-32(22-29)36-24-34(27-13-16-30(42)17-14-27)45-47(36)40(49-37)38(50-39(48)43-40)21-25-11-18-31(19-12-25)46-35(28-9-5-2-6-10-28)23-33(44-46)26-7-3-1-4-8-26/h1-23,36H,24H2,(H,43,48)/b38-21-. The third-order valence-corrected chi connectivity index (χ3v) is 10.7. The van der Waals surface area contributed by atoms with Gasteiger partial charge in [-0.05, 0) is 77.5 Å². The first kappa shape index (κ1) is 30.9. The van der Waals surface area contributed by atoms with Crippen LogP contribution < -0.4 is 10.1 Å². The number of ether oxygens (including phenoxy) is 1. The number of benzene rings is 5. The van der Waals surface area contributed by atoms with Crippen molar-refractivity contribution in [2.45, 2.75) is 18.3 Å². The maximum atomic E-state index is 13.2. The molecule has 50 heavy (non-hydrogen) atoms. The summed E-state index contributed by atoms with van der Waals surface area (Å²) in [5.74, 6) is -0.611. The molecule has 244 valence electrons. The number of carbonyl (C=O) groups excluding carboxylic acids is 1. The van der Waals surface area contributed by atoms with E-state index in [0.29, 0.717) is 22.1 Å². The van der Waals surface area contributed by atoms with Gasteiger partial charge in [-0.25, -0.2) is 9.69 Å². The first-order valence-electron chi connectivity index (χ1n) is 16.1. The van der Waals surface area contributed by atoms with Crippen LogP contribution in [-0.4, -0.2) is 31.6 Å². The number of hydrogen-bond donors (Lipinski definition) is 1. The van der Waals surface area contributed by atoms with Gasteiger partial charge in [0.25, 0.3) is 5.24 Å². The van der Waals surface area contributed by atoms with Crippen LogP contribution in [0.25, 0.3) is 34.3 Å². The van der Waals surface area contributed by atoms with E-state index in [1.54, 1.807) is 0 Å². The first-order chi connectivity index (χ1) is 24.4. The zero-order chi connectivity index (χ0) is 33.8. The highest BCUT2D eigenvalue weighted by Crippen LogP contribution is 2.53. The molecule has 0 aliphatic carbocycles. The smallest absolute Gasteiger partial charge is 0.314 e. The minimum atomic E-state index is -1.31. The van der Waals surface area contributed by atoms with Crippen molar-refractivity contribution in [2.75, 3.05) is 0 Å². The zero-order valence-corrected chi connectivity index (χ0v) is 29.5. The molecule has 4 heterocycles. The van der Waals surface area contributed by atoms with Crippen LogP contribution in [0.15, 0.2) is 148 Å². The van der Waals surface area contributed by atoms with E-state index in [1.165, 1.54) is 0 Å². The Balaban J connectivity index is 1.11. The molecule has 10 heteroatoms. The highest BCUT2D eigenvalue weighted by molar-refractivity contribution is 9.10. The molecule has 3 aliphatic heterocycles. The van der Waals surface area contributed by atoms with Crippen molar-refractivity contribution in [3.63, 3.8) is 0 Å². The fraction of sp³-hybridized carbons (Fsp3) is 0.0750. The average Bonchev–Trinajstić information content (AvgIpc) is 3.87. The van der Waals surface area contributed by atoms with Crippen molar-refractivity contribution < 1.29 is 9.53 Å². The van der Waals surface area contributed by atoms with Gasteiger partial charge in [-0.1, -0.05) is 112 Å². The molecule has 0 bridgehead atoms. The lowest BCUT2D eigenvalue weighted by Gasteiger charge is -2.45. The second-order valence-corrected chi connectivity index (χ2v) is 14.6. The molecule has 7 nitrogen and oxygen atoms in total. The summed E-state index contributed by atoms with van der Waals surface area (Å²) < 4.78 is 9.68.